The third kappa shape index (κ3) is 8.19. The van der Waals surface area contributed by atoms with Gasteiger partial charge < -0.3 is 14.3 Å². The first-order chi connectivity index (χ1) is 18.4. The predicted octanol–water partition coefficient (Wildman–Crippen LogP) is 7.39. The van der Waals surface area contributed by atoms with E-state index in [1.165, 1.54) is 29.7 Å². The number of carbonyl (C=O) groups excluding carboxylic acids is 2. The highest BCUT2D eigenvalue weighted by Crippen LogP contribution is 2.42. The van der Waals surface area contributed by atoms with Gasteiger partial charge in [0, 0.05) is 19.4 Å². The number of esters is 1. The SMILES string of the molecule is COCC(CC=O)C(C)(CCCCSCCCCC(C)(c1ccccc1)C1COC(=O)C1)c1ccccc1. The molecule has 5 heteroatoms. The van der Waals surface area contributed by atoms with Crippen LogP contribution in [0.1, 0.15) is 76.3 Å². The Morgan fingerprint density at radius 3 is 2.11 bits per heavy atom. The van der Waals surface area contributed by atoms with Gasteiger partial charge >= 0.3 is 5.97 Å². The molecule has 1 aliphatic rings. The molecule has 38 heavy (non-hydrogen) atoms. The van der Waals surface area contributed by atoms with Crippen LogP contribution >= 0.6 is 11.8 Å². The minimum absolute atomic E-state index is 0.0275. The number of hydrogen-bond acceptors (Lipinski definition) is 5. The highest BCUT2D eigenvalue weighted by atomic mass is 32.2. The van der Waals surface area contributed by atoms with Crippen LogP contribution < -0.4 is 0 Å². The first-order valence-corrected chi connectivity index (χ1v) is 15.4. The summed E-state index contributed by atoms with van der Waals surface area (Å²) in [5.41, 5.74) is 2.52. The standard InChI is InChI=1S/C33H46O4S/c1-32(27-14-6-4-7-15-27,29(18-21-34)25-36-3)19-10-12-22-38-23-13-11-20-33(2,28-16-8-5-9-17-28)30-24-31(35)37-26-30/h4-9,14-17,21,29-30H,10-13,18-20,22-26H2,1-3H3. The zero-order chi connectivity index (χ0) is 27.3. The third-order valence-corrected chi connectivity index (χ3v) is 9.90. The van der Waals surface area contributed by atoms with Crippen molar-refractivity contribution in [2.24, 2.45) is 11.8 Å². The maximum atomic E-state index is 11.8. The summed E-state index contributed by atoms with van der Waals surface area (Å²) in [6.07, 6.45) is 8.88. The van der Waals surface area contributed by atoms with Crippen LogP contribution in [-0.2, 0) is 29.9 Å². The predicted molar refractivity (Wildman–Crippen MR) is 158 cm³/mol. The molecule has 4 atom stereocenters. The van der Waals surface area contributed by atoms with Gasteiger partial charge in [0.05, 0.1) is 19.6 Å². The second kappa shape index (κ2) is 15.5. The van der Waals surface area contributed by atoms with E-state index in [0.717, 1.165) is 37.7 Å². The maximum absolute atomic E-state index is 11.8. The van der Waals surface area contributed by atoms with Crippen LogP contribution in [0.3, 0.4) is 0 Å². The van der Waals surface area contributed by atoms with Crippen molar-refractivity contribution in [3.63, 3.8) is 0 Å². The molecule has 3 rings (SSSR count). The van der Waals surface area contributed by atoms with Gasteiger partial charge in [0.15, 0.2) is 0 Å². The second-order valence-electron chi connectivity index (χ2n) is 11.2. The summed E-state index contributed by atoms with van der Waals surface area (Å²) in [5, 5.41) is 0. The van der Waals surface area contributed by atoms with Crippen molar-refractivity contribution in [1.29, 1.82) is 0 Å². The number of carbonyl (C=O) groups is 2. The number of thioether (sulfide) groups is 1. The first-order valence-electron chi connectivity index (χ1n) is 14.2. The van der Waals surface area contributed by atoms with E-state index in [4.69, 9.17) is 9.47 Å². The molecule has 1 aliphatic heterocycles. The number of hydrogen-bond donors (Lipinski definition) is 0. The van der Waals surface area contributed by atoms with Crippen molar-refractivity contribution in [2.75, 3.05) is 31.8 Å². The highest BCUT2D eigenvalue weighted by molar-refractivity contribution is 7.99. The minimum atomic E-state index is -0.0733. The zero-order valence-electron chi connectivity index (χ0n) is 23.5. The van der Waals surface area contributed by atoms with Crippen LogP contribution in [-0.4, -0.2) is 44.1 Å². The number of rotatable bonds is 18. The Kier molecular flexibility index (Phi) is 12.4. The molecular weight excluding hydrogens is 492 g/mol. The van der Waals surface area contributed by atoms with Gasteiger partial charge in [0.25, 0.3) is 0 Å². The van der Waals surface area contributed by atoms with Crippen molar-refractivity contribution >= 4 is 24.0 Å². The molecule has 0 spiro atoms. The van der Waals surface area contributed by atoms with Gasteiger partial charge in [-0.25, -0.2) is 0 Å². The van der Waals surface area contributed by atoms with Crippen LogP contribution in [0.25, 0.3) is 0 Å². The van der Waals surface area contributed by atoms with E-state index in [2.05, 4.69) is 74.5 Å². The van der Waals surface area contributed by atoms with Crippen molar-refractivity contribution in [2.45, 2.75) is 76.0 Å². The largest absolute Gasteiger partial charge is 0.465 e. The first kappa shape index (κ1) is 30.4. The fourth-order valence-electron chi connectivity index (χ4n) is 6.05. The van der Waals surface area contributed by atoms with E-state index in [-0.39, 0.29) is 28.6 Å². The molecule has 0 N–H and O–H groups in total. The molecule has 1 fully saturated rings. The van der Waals surface area contributed by atoms with Gasteiger partial charge in [-0.15, -0.1) is 0 Å². The molecule has 2 aromatic rings. The Hall–Kier alpha value is -2.11. The molecule has 4 nitrogen and oxygen atoms in total. The van der Waals surface area contributed by atoms with Crippen molar-refractivity contribution in [3.05, 3.63) is 71.8 Å². The quantitative estimate of drug-likeness (QED) is 0.112. The number of aldehydes is 1. The molecule has 2 aromatic carbocycles. The lowest BCUT2D eigenvalue weighted by molar-refractivity contribution is -0.137. The van der Waals surface area contributed by atoms with Crippen LogP contribution in [0.4, 0.5) is 0 Å². The van der Waals surface area contributed by atoms with Gasteiger partial charge in [-0.2, -0.15) is 11.8 Å². The molecule has 0 amide bonds. The van der Waals surface area contributed by atoms with Crippen molar-refractivity contribution in [3.8, 4) is 0 Å². The van der Waals surface area contributed by atoms with Crippen LogP contribution in [0.15, 0.2) is 60.7 Å². The third-order valence-electron chi connectivity index (χ3n) is 8.75. The second-order valence-corrected chi connectivity index (χ2v) is 12.5. The minimum Gasteiger partial charge on any atom is -0.465 e. The van der Waals surface area contributed by atoms with E-state index >= 15 is 0 Å². The zero-order valence-corrected chi connectivity index (χ0v) is 24.3. The molecule has 0 radical (unpaired) electrons. The number of methoxy groups -OCH3 is 1. The Morgan fingerprint density at radius 1 is 0.947 bits per heavy atom. The van der Waals surface area contributed by atoms with Gasteiger partial charge in [0.1, 0.15) is 6.29 Å². The van der Waals surface area contributed by atoms with Gasteiger partial charge in [-0.3, -0.25) is 4.79 Å². The molecule has 4 unspecified atom stereocenters. The molecule has 208 valence electrons. The molecule has 0 aliphatic carbocycles. The lowest BCUT2D eigenvalue weighted by Gasteiger charge is -2.37. The average Bonchev–Trinajstić information content (AvgIpc) is 3.39. The van der Waals surface area contributed by atoms with E-state index < -0.39 is 0 Å². The molecule has 1 heterocycles. The summed E-state index contributed by atoms with van der Waals surface area (Å²) in [7, 11) is 1.73. The van der Waals surface area contributed by atoms with E-state index in [0.29, 0.717) is 26.1 Å². The van der Waals surface area contributed by atoms with Crippen LogP contribution in [0.2, 0.25) is 0 Å². The smallest absolute Gasteiger partial charge is 0.306 e. The summed E-state index contributed by atoms with van der Waals surface area (Å²) >= 11 is 2.05. The van der Waals surface area contributed by atoms with Crippen molar-refractivity contribution in [1.82, 2.24) is 0 Å². The molecule has 0 bridgehead atoms. The summed E-state index contributed by atoms with van der Waals surface area (Å²) in [4.78, 5) is 23.3. The number of unbranched alkanes of at least 4 members (excludes halogenated alkanes) is 2. The Labute approximate surface area is 234 Å². The Bertz CT molecular complexity index is 965. The lowest BCUT2D eigenvalue weighted by Crippen LogP contribution is -2.35. The number of cyclic esters (lactones) is 1. The molecular formula is C33H46O4S. The fourth-order valence-corrected chi connectivity index (χ4v) is 7.07. The monoisotopic (exact) mass is 538 g/mol. The van der Waals surface area contributed by atoms with Crippen LogP contribution in [0, 0.1) is 11.8 Å². The number of benzene rings is 2. The van der Waals surface area contributed by atoms with Crippen molar-refractivity contribution < 1.29 is 19.1 Å². The topological polar surface area (TPSA) is 52.6 Å². The highest BCUT2D eigenvalue weighted by Gasteiger charge is 2.41. The maximum Gasteiger partial charge on any atom is 0.306 e. The molecule has 1 saturated heterocycles. The Balaban J connectivity index is 1.43. The van der Waals surface area contributed by atoms with E-state index in [1.54, 1.807) is 7.11 Å². The summed E-state index contributed by atoms with van der Waals surface area (Å²) in [6.45, 7) is 5.75. The Morgan fingerprint density at radius 2 is 1.55 bits per heavy atom. The average molecular weight is 539 g/mol. The summed E-state index contributed by atoms with van der Waals surface area (Å²) in [5.74, 6) is 2.70. The normalized spacial score (nSPS) is 19.3. The van der Waals surface area contributed by atoms with Gasteiger partial charge in [0.2, 0.25) is 0 Å². The number of ether oxygens (including phenoxy) is 2. The summed E-state index contributed by atoms with van der Waals surface area (Å²) < 4.78 is 10.9. The lowest BCUT2D eigenvalue weighted by atomic mass is 9.68. The van der Waals surface area contributed by atoms with E-state index in [9.17, 15) is 9.59 Å². The van der Waals surface area contributed by atoms with Crippen LogP contribution in [0.5, 0.6) is 0 Å². The van der Waals surface area contributed by atoms with Gasteiger partial charge in [-0.1, -0.05) is 87.4 Å². The molecule has 0 saturated carbocycles. The fraction of sp³-hybridized carbons (Fsp3) is 0.576. The van der Waals surface area contributed by atoms with Gasteiger partial charge in [-0.05, 0) is 65.1 Å². The van der Waals surface area contributed by atoms with E-state index in [1.807, 2.05) is 11.8 Å². The molecule has 0 aromatic heterocycles. The summed E-state index contributed by atoms with van der Waals surface area (Å²) in [6, 6.07) is 21.3.